The lowest BCUT2D eigenvalue weighted by Crippen LogP contribution is -2.71. The van der Waals surface area contributed by atoms with Crippen molar-refractivity contribution in [1.29, 1.82) is 0 Å². The molecular formula is C22H21N8O5S2+. The number of fused-ring (bicyclic) bond motifs is 1. The summed E-state index contributed by atoms with van der Waals surface area (Å²) in [6.45, 7) is 0.278. The Morgan fingerprint density at radius 3 is 2.95 bits per heavy atom. The lowest BCUT2D eigenvalue weighted by molar-refractivity contribution is -0.688. The highest BCUT2D eigenvalue weighted by Gasteiger charge is 2.54. The highest BCUT2D eigenvalue weighted by atomic mass is 32.2. The largest absolute Gasteiger partial charge is 0.477 e. The Labute approximate surface area is 218 Å². The molecule has 5 rings (SSSR count). The Morgan fingerprint density at radius 1 is 1.43 bits per heavy atom. The number of nitrogen functional groups attached to an aromatic ring is 1. The van der Waals surface area contributed by atoms with Crippen LogP contribution in [0, 0.1) is 0 Å². The van der Waals surface area contributed by atoms with Crippen LogP contribution in [-0.4, -0.2) is 73.0 Å². The normalized spacial score (nSPS) is 19.3. The molecule has 3 aromatic heterocycles. The smallest absolute Gasteiger partial charge is 0.352 e. The molecular weight excluding hydrogens is 520 g/mol. The Kier molecular flexibility index (Phi) is 6.62. The first kappa shape index (κ1) is 24.5. The Morgan fingerprint density at radius 2 is 2.27 bits per heavy atom. The second-order valence-corrected chi connectivity index (χ2v) is 10.0. The molecule has 5 heterocycles. The first-order chi connectivity index (χ1) is 17.9. The number of rotatable bonds is 8. The molecule has 0 saturated carbocycles. The number of aromatic nitrogens is 4. The number of carboxylic acids is 1. The predicted molar refractivity (Wildman–Crippen MR) is 134 cm³/mol. The standard InChI is InChI=1S/C22H20N8O5S2/c1-35-28-15(14-10-37-22(23)25-14)18(31)26-16-19(32)30-17(21(33)34)12(9-36-20(16)30)8-29-6-2-3-11(7-29)13-4-5-24-27-13/h2-7,10,16,20H,8-9H2,1H3,(H4-,23,24,25,26,27,31,33,34)/p+1/b28-15-/t16-,20+/m1/s1. The number of carbonyl (C=O) groups is 3. The van der Waals surface area contributed by atoms with Gasteiger partial charge in [0.05, 0.1) is 11.3 Å². The van der Waals surface area contributed by atoms with Crippen LogP contribution in [0.4, 0.5) is 5.13 Å². The maximum atomic E-state index is 13.1. The van der Waals surface area contributed by atoms with Crippen molar-refractivity contribution in [2.75, 3.05) is 18.6 Å². The van der Waals surface area contributed by atoms with Crippen LogP contribution in [0.2, 0.25) is 0 Å². The molecule has 190 valence electrons. The number of carbonyl (C=O) groups excluding carboxylic acids is 2. The quantitative estimate of drug-likeness (QED) is 0.134. The number of H-pyrrole nitrogens is 1. The van der Waals surface area contributed by atoms with Crippen LogP contribution < -0.4 is 15.6 Å². The maximum absolute atomic E-state index is 13.1. The summed E-state index contributed by atoms with van der Waals surface area (Å²) in [5.41, 5.74) is 7.96. The summed E-state index contributed by atoms with van der Waals surface area (Å²) in [5.74, 6) is -2.04. The number of aliphatic carboxylic acids is 1. The lowest BCUT2D eigenvalue weighted by atomic mass is 10.0. The van der Waals surface area contributed by atoms with E-state index in [0.717, 1.165) is 22.6 Å². The van der Waals surface area contributed by atoms with Gasteiger partial charge in [-0.25, -0.2) is 14.3 Å². The first-order valence-corrected chi connectivity index (χ1v) is 12.8. The summed E-state index contributed by atoms with van der Waals surface area (Å²) in [6, 6.07) is 4.67. The number of β-lactam (4-membered cyclic amide) rings is 1. The molecule has 5 N–H and O–H groups in total. The topological polar surface area (TPSA) is 180 Å². The molecule has 2 amide bonds. The van der Waals surface area contributed by atoms with Gasteiger partial charge in [-0.05, 0) is 12.1 Å². The predicted octanol–water partition coefficient (Wildman–Crippen LogP) is 0.192. The van der Waals surface area contributed by atoms with Crippen molar-refractivity contribution in [2.45, 2.75) is 18.0 Å². The summed E-state index contributed by atoms with van der Waals surface area (Å²) < 4.78 is 1.85. The molecule has 0 spiro atoms. The van der Waals surface area contributed by atoms with Gasteiger partial charge < -0.3 is 21.0 Å². The summed E-state index contributed by atoms with van der Waals surface area (Å²) in [5, 5.41) is 24.4. The number of pyridine rings is 1. The Hall–Kier alpha value is -4.24. The average molecular weight is 542 g/mol. The van der Waals surface area contributed by atoms with Gasteiger partial charge in [0.25, 0.3) is 11.8 Å². The van der Waals surface area contributed by atoms with Gasteiger partial charge in [-0.1, -0.05) is 5.16 Å². The zero-order valence-corrected chi connectivity index (χ0v) is 21.0. The van der Waals surface area contributed by atoms with Crippen LogP contribution in [0.15, 0.2) is 58.6 Å². The molecule has 2 aliphatic rings. The summed E-state index contributed by atoms with van der Waals surface area (Å²) in [7, 11) is 1.28. The molecule has 37 heavy (non-hydrogen) atoms. The van der Waals surface area contributed by atoms with E-state index < -0.39 is 29.2 Å². The zero-order chi connectivity index (χ0) is 26.1. The van der Waals surface area contributed by atoms with E-state index >= 15 is 0 Å². The van der Waals surface area contributed by atoms with Crippen LogP contribution in [0.5, 0.6) is 0 Å². The van der Waals surface area contributed by atoms with Gasteiger partial charge in [-0.3, -0.25) is 19.6 Å². The van der Waals surface area contributed by atoms with E-state index in [1.54, 1.807) is 11.6 Å². The molecule has 0 aromatic carbocycles. The van der Waals surface area contributed by atoms with Gasteiger partial charge in [-0.15, -0.1) is 23.1 Å². The average Bonchev–Trinajstić information content (AvgIpc) is 3.57. The summed E-state index contributed by atoms with van der Waals surface area (Å²) in [4.78, 5) is 48.2. The molecule has 15 heteroatoms. The van der Waals surface area contributed by atoms with E-state index in [1.807, 2.05) is 35.2 Å². The van der Waals surface area contributed by atoms with Gasteiger partial charge in [0.2, 0.25) is 0 Å². The number of amides is 2. The molecule has 0 aliphatic carbocycles. The Bertz CT molecular complexity index is 1430. The molecule has 13 nitrogen and oxygen atoms in total. The number of nitrogens with one attached hydrogen (secondary N) is 2. The molecule has 3 aromatic rings. The highest BCUT2D eigenvalue weighted by molar-refractivity contribution is 8.00. The van der Waals surface area contributed by atoms with Gasteiger partial charge in [-0.2, -0.15) is 5.10 Å². The van der Waals surface area contributed by atoms with E-state index in [0.29, 0.717) is 11.3 Å². The van der Waals surface area contributed by atoms with Crippen LogP contribution in [0.1, 0.15) is 5.69 Å². The SMILES string of the molecule is CO/N=C(\C(=O)N[C@@H]1C(=O)N2C(C(=O)O)=C(C[n+]3cccc(-c4ccn[nH]4)c3)CS[C@@H]12)c1csc(N)n1. The minimum Gasteiger partial charge on any atom is -0.477 e. The van der Waals surface area contributed by atoms with Crippen LogP contribution in [0.25, 0.3) is 11.3 Å². The van der Waals surface area contributed by atoms with E-state index in [9.17, 15) is 19.5 Å². The highest BCUT2D eigenvalue weighted by Crippen LogP contribution is 2.40. The molecule has 0 unspecified atom stereocenters. The number of hydrogen-bond donors (Lipinski definition) is 4. The number of nitrogens with zero attached hydrogens (tertiary/aromatic N) is 5. The van der Waals surface area contributed by atoms with Gasteiger partial charge in [0.1, 0.15) is 29.9 Å². The molecule has 2 atom stereocenters. The van der Waals surface area contributed by atoms with Crippen molar-refractivity contribution in [3.63, 3.8) is 0 Å². The molecule has 1 fully saturated rings. The number of aromatic amines is 1. The number of oxime groups is 1. The minimum atomic E-state index is -1.21. The molecule has 1 saturated heterocycles. The second-order valence-electron chi connectivity index (χ2n) is 8.05. The summed E-state index contributed by atoms with van der Waals surface area (Å²) in [6.07, 6.45) is 5.35. The number of nitrogens with two attached hydrogens (primary N) is 1. The van der Waals surface area contributed by atoms with Crippen LogP contribution in [0.3, 0.4) is 0 Å². The van der Waals surface area contributed by atoms with Gasteiger partial charge >= 0.3 is 5.97 Å². The second kappa shape index (κ2) is 10.0. The van der Waals surface area contributed by atoms with E-state index in [-0.39, 0.29) is 28.8 Å². The fraction of sp³-hybridized carbons (Fsp3) is 0.227. The number of thiazole rings is 1. The third-order valence-electron chi connectivity index (χ3n) is 5.74. The van der Waals surface area contributed by atoms with E-state index in [1.165, 1.54) is 23.8 Å². The van der Waals surface area contributed by atoms with Gasteiger partial charge in [0, 0.05) is 29.0 Å². The van der Waals surface area contributed by atoms with Crippen molar-refractivity contribution in [1.82, 2.24) is 25.4 Å². The van der Waals surface area contributed by atoms with E-state index in [4.69, 9.17) is 10.6 Å². The fourth-order valence-electron chi connectivity index (χ4n) is 4.12. The van der Waals surface area contributed by atoms with Crippen LogP contribution in [-0.2, 0) is 25.8 Å². The van der Waals surface area contributed by atoms with Gasteiger partial charge in [0.15, 0.2) is 29.8 Å². The monoisotopic (exact) mass is 541 g/mol. The molecule has 0 bridgehead atoms. The lowest BCUT2D eigenvalue weighted by Gasteiger charge is -2.49. The van der Waals surface area contributed by atoms with Crippen molar-refractivity contribution >= 4 is 51.7 Å². The van der Waals surface area contributed by atoms with Crippen molar-refractivity contribution in [3.05, 3.63) is 59.1 Å². The minimum absolute atomic E-state index is 0.0725. The van der Waals surface area contributed by atoms with E-state index in [2.05, 4.69) is 25.7 Å². The third-order valence-corrected chi connectivity index (χ3v) is 7.76. The molecule has 2 aliphatic heterocycles. The number of carboxylic acid groups (broad SMARTS) is 1. The number of thioether (sulfide) groups is 1. The number of hydrogen-bond acceptors (Lipinski definition) is 10. The summed E-state index contributed by atoms with van der Waals surface area (Å²) >= 11 is 2.51. The van der Waals surface area contributed by atoms with Crippen LogP contribution >= 0.6 is 23.1 Å². The first-order valence-electron chi connectivity index (χ1n) is 10.9. The zero-order valence-electron chi connectivity index (χ0n) is 19.3. The van der Waals surface area contributed by atoms with Crippen molar-refractivity contribution in [3.8, 4) is 11.3 Å². The van der Waals surface area contributed by atoms with Crippen molar-refractivity contribution < 1.29 is 28.9 Å². The molecule has 0 radical (unpaired) electrons. The third kappa shape index (κ3) is 4.65. The Balaban J connectivity index is 1.35. The number of anilines is 1. The maximum Gasteiger partial charge on any atom is 0.352 e. The fourth-order valence-corrected chi connectivity index (χ4v) is 6.01. The van der Waals surface area contributed by atoms with Crippen molar-refractivity contribution in [2.24, 2.45) is 5.16 Å².